The van der Waals surface area contributed by atoms with Gasteiger partial charge in [0, 0.05) is 24.2 Å². The summed E-state index contributed by atoms with van der Waals surface area (Å²) in [4.78, 5) is 80.6. The van der Waals surface area contributed by atoms with Gasteiger partial charge in [-0.15, -0.1) is 0 Å². The summed E-state index contributed by atoms with van der Waals surface area (Å²) in [6.45, 7) is 8.73. The Kier molecular flexibility index (Phi) is 11.7. The van der Waals surface area contributed by atoms with E-state index in [4.69, 9.17) is 19.4 Å². The molecule has 58 heavy (non-hydrogen) atoms. The van der Waals surface area contributed by atoms with Crippen molar-refractivity contribution in [1.29, 1.82) is 0 Å². The Balaban J connectivity index is 1.05. The summed E-state index contributed by atoms with van der Waals surface area (Å²) in [5.41, 5.74) is 6.51. The number of aromatic nitrogens is 6. The number of aromatic amines is 2. The van der Waals surface area contributed by atoms with Crippen LogP contribution in [-0.4, -0.2) is 103 Å². The molecule has 0 radical (unpaired) electrons. The SMILES string of the molecule is COC(=O)NC(C(=O)N1CCCC1c1ncc(-c2ccc(-c3cnc4ccc(-c5cnc(C6CCCN6C(=O)C(NC(=O)OC)C(C)C)[nH]5)cc4n3)cc2)[nH]1)C(C)C. The number of fused-ring (bicyclic) bond motifs is 1. The second-order valence-electron chi connectivity index (χ2n) is 15.5. The van der Waals surface area contributed by atoms with Crippen LogP contribution in [0.5, 0.6) is 0 Å². The number of nitrogens with one attached hydrogen (secondary N) is 4. The molecule has 4 atom stereocenters. The number of nitrogens with zero attached hydrogens (tertiary/aromatic N) is 6. The lowest BCUT2D eigenvalue weighted by molar-refractivity contribution is -0.136. The van der Waals surface area contributed by atoms with E-state index >= 15 is 0 Å². The molecule has 3 aromatic heterocycles. The second kappa shape index (κ2) is 17.0. The van der Waals surface area contributed by atoms with Crippen LogP contribution in [0.3, 0.4) is 0 Å². The molecule has 16 nitrogen and oxygen atoms in total. The number of likely N-dealkylation sites (tertiary alicyclic amines) is 2. The molecule has 2 saturated heterocycles. The van der Waals surface area contributed by atoms with E-state index in [0.29, 0.717) is 30.4 Å². The Morgan fingerprint density at radius 2 is 1.14 bits per heavy atom. The van der Waals surface area contributed by atoms with Gasteiger partial charge in [0.15, 0.2) is 0 Å². The number of alkyl carbamates (subject to hydrolysis) is 2. The predicted octanol–water partition coefficient (Wildman–Crippen LogP) is 6.17. The molecule has 2 fully saturated rings. The lowest BCUT2D eigenvalue weighted by Gasteiger charge is -2.30. The van der Waals surface area contributed by atoms with Crippen LogP contribution in [0.25, 0.3) is 44.8 Å². The highest BCUT2D eigenvalue weighted by Crippen LogP contribution is 2.35. The fraction of sp³-hybridized carbons (Fsp3) is 0.429. The fourth-order valence-electron chi connectivity index (χ4n) is 7.83. The number of rotatable bonds is 11. The topological polar surface area (TPSA) is 200 Å². The standard InChI is InChI=1S/C42H50N10O6/c1-23(2)35(49-41(55)57-5)39(53)51-17-7-9-33(51)37-44-21-31(47-37)26-13-11-25(12-14-26)30-20-43-28-16-15-27(19-29(28)46-30)32-22-45-38(48-32)34-10-8-18-52(34)40(54)36(24(3)4)50-42(56)58-6/h11-16,19-24,33-36H,7-10,17-18H2,1-6H3,(H,44,47)(H,45,48)(H,49,55)(H,50,56). The normalized spacial score (nSPS) is 17.8. The molecular formula is C42H50N10O6. The zero-order valence-corrected chi connectivity index (χ0v) is 33.6. The molecule has 4 N–H and O–H groups in total. The number of hydrogen-bond acceptors (Lipinski definition) is 10. The average molecular weight is 791 g/mol. The minimum atomic E-state index is -0.709. The van der Waals surface area contributed by atoms with Crippen molar-refractivity contribution in [2.75, 3.05) is 27.3 Å². The third-order valence-corrected chi connectivity index (χ3v) is 11.0. The van der Waals surface area contributed by atoms with Crippen molar-refractivity contribution in [3.05, 3.63) is 72.7 Å². The predicted molar refractivity (Wildman–Crippen MR) is 216 cm³/mol. The minimum absolute atomic E-state index is 0.117. The van der Waals surface area contributed by atoms with Gasteiger partial charge in [0.05, 0.1) is 73.0 Å². The van der Waals surface area contributed by atoms with Crippen molar-refractivity contribution in [1.82, 2.24) is 50.3 Å². The highest BCUT2D eigenvalue weighted by molar-refractivity contribution is 5.87. The number of H-pyrrole nitrogens is 2. The molecular weight excluding hydrogens is 741 g/mol. The molecule has 4 unspecified atom stereocenters. The van der Waals surface area contributed by atoms with Crippen molar-refractivity contribution in [3.8, 4) is 33.8 Å². The first-order valence-electron chi connectivity index (χ1n) is 19.7. The number of ether oxygens (including phenoxy) is 2. The van der Waals surface area contributed by atoms with E-state index in [1.807, 2.05) is 70.2 Å². The van der Waals surface area contributed by atoms with Gasteiger partial charge in [-0.25, -0.2) is 24.5 Å². The van der Waals surface area contributed by atoms with Crippen LogP contribution in [0.4, 0.5) is 9.59 Å². The van der Waals surface area contributed by atoms with E-state index in [9.17, 15) is 19.2 Å². The van der Waals surface area contributed by atoms with Crippen LogP contribution in [-0.2, 0) is 19.1 Å². The van der Waals surface area contributed by atoms with Crippen LogP contribution in [0, 0.1) is 11.8 Å². The van der Waals surface area contributed by atoms with Crippen molar-refractivity contribution >= 4 is 35.0 Å². The van der Waals surface area contributed by atoms with Gasteiger partial charge >= 0.3 is 12.2 Å². The Morgan fingerprint density at radius 1 is 0.655 bits per heavy atom. The molecule has 0 bridgehead atoms. The Hall–Kier alpha value is -6.32. The Morgan fingerprint density at radius 3 is 1.64 bits per heavy atom. The van der Waals surface area contributed by atoms with Crippen LogP contribution in [0.2, 0.25) is 0 Å². The molecule has 304 valence electrons. The highest BCUT2D eigenvalue weighted by Gasteiger charge is 2.39. The fourth-order valence-corrected chi connectivity index (χ4v) is 7.83. The lowest BCUT2D eigenvalue weighted by atomic mass is 10.0. The van der Waals surface area contributed by atoms with Gasteiger partial charge in [0.25, 0.3) is 0 Å². The first kappa shape index (κ1) is 39.9. The molecule has 2 aromatic carbocycles. The van der Waals surface area contributed by atoms with Crippen LogP contribution >= 0.6 is 0 Å². The molecule has 0 saturated carbocycles. The number of methoxy groups -OCH3 is 2. The van der Waals surface area contributed by atoms with E-state index in [2.05, 4.69) is 30.6 Å². The number of imidazole rings is 2. The molecule has 2 aliphatic heterocycles. The summed E-state index contributed by atoms with van der Waals surface area (Å²) < 4.78 is 9.52. The summed E-state index contributed by atoms with van der Waals surface area (Å²) >= 11 is 0. The quantitative estimate of drug-likeness (QED) is 0.120. The number of carbonyl (C=O) groups is 4. The van der Waals surface area contributed by atoms with Gasteiger partial charge in [0.2, 0.25) is 11.8 Å². The maximum Gasteiger partial charge on any atom is 0.407 e. The molecule has 5 aromatic rings. The molecule has 4 amide bonds. The van der Waals surface area contributed by atoms with Gasteiger partial charge in [-0.3, -0.25) is 14.6 Å². The Bertz CT molecular complexity index is 2290. The summed E-state index contributed by atoms with van der Waals surface area (Å²) in [5, 5.41) is 5.38. The lowest BCUT2D eigenvalue weighted by Crippen LogP contribution is -2.51. The zero-order valence-electron chi connectivity index (χ0n) is 33.6. The number of carbonyl (C=O) groups excluding carboxylic acids is 4. The largest absolute Gasteiger partial charge is 0.453 e. The van der Waals surface area contributed by atoms with Crippen molar-refractivity contribution in [2.24, 2.45) is 11.8 Å². The third kappa shape index (κ3) is 8.22. The zero-order chi connectivity index (χ0) is 41.1. The molecule has 16 heteroatoms. The first-order chi connectivity index (χ1) is 27.9. The maximum atomic E-state index is 13.6. The molecule has 0 spiro atoms. The van der Waals surface area contributed by atoms with Crippen molar-refractivity contribution in [3.63, 3.8) is 0 Å². The van der Waals surface area contributed by atoms with Crippen LogP contribution in [0.1, 0.15) is 77.1 Å². The van der Waals surface area contributed by atoms with E-state index in [1.165, 1.54) is 14.2 Å². The number of benzene rings is 2. The minimum Gasteiger partial charge on any atom is -0.453 e. The highest BCUT2D eigenvalue weighted by atomic mass is 16.5. The third-order valence-electron chi connectivity index (χ3n) is 11.0. The summed E-state index contributed by atoms with van der Waals surface area (Å²) in [5.74, 6) is 0.838. The molecule has 5 heterocycles. The monoisotopic (exact) mass is 790 g/mol. The van der Waals surface area contributed by atoms with Crippen LogP contribution in [0.15, 0.2) is 61.1 Å². The van der Waals surface area contributed by atoms with E-state index in [0.717, 1.165) is 64.8 Å². The summed E-state index contributed by atoms with van der Waals surface area (Å²) in [6, 6.07) is 12.0. The van der Waals surface area contributed by atoms with Crippen LogP contribution < -0.4 is 10.6 Å². The molecule has 2 aliphatic rings. The number of amides is 4. The van der Waals surface area contributed by atoms with Gasteiger partial charge in [-0.1, -0.05) is 58.0 Å². The summed E-state index contributed by atoms with van der Waals surface area (Å²) in [6.07, 6.45) is 7.22. The molecule has 7 rings (SSSR count). The summed E-state index contributed by atoms with van der Waals surface area (Å²) in [7, 11) is 2.57. The van der Waals surface area contributed by atoms with Crippen molar-refractivity contribution in [2.45, 2.75) is 77.5 Å². The van der Waals surface area contributed by atoms with E-state index in [1.54, 1.807) is 28.4 Å². The smallest absolute Gasteiger partial charge is 0.407 e. The Labute approximate surface area is 336 Å². The van der Waals surface area contributed by atoms with Crippen molar-refractivity contribution < 1.29 is 28.7 Å². The number of hydrogen-bond donors (Lipinski definition) is 4. The van der Waals surface area contributed by atoms with Gasteiger partial charge < -0.3 is 39.9 Å². The second-order valence-corrected chi connectivity index (χ2v) is 15.5. The average Bonchev–Trinajstić information content (AvgIpc) is 4.07. The van der Waals surface area contributed by atoms with Gasteiger partial charge in [-0.2, -0.15) is 0 Å². The first-order valence-corrected chi connectivity index (χ1v) is 19.7. The van der Waals surface area contributed by atoms with Gasteiger partial charge in [-0.05, 0) is 55.2 Å². The molecule has 0 aliphatic carbocycles. The van der Waals surface area contributed by atoms with Gasteiger partial charge in [0.1, 0.15) is 23.7 Å². The van der Waals surface area contributed by atoms with E-state index in [-0.39, 0.29) is 35.7 Å². The van der Waals surface area contributed by atoms with E-state index < -0.39 is 24.3 Å². The maximum absolute atomic E-state index is 13.6.